The highest BCUT2D eigenvalue weighted by atomic mass is 28.4. The van der Waals surface area contributed by atoms with Crippen molar-refractivity contribution < 1.29 is 13.6 Å². The van der Waals surface area contributed by atoms with Crippen molar-refractivity contribution in [1.29, 1.82) is 0 Å². The SMILES string of the molecule is CCCC1(OC)C(Cc2ccccc2)(NC(C)N)C(C)(C)CC[Si]1(OC)OC. The van der Waals surface area contributed by atoms with Gasteiger partial charge in [-0.15, -0.1) is 0 Å². The van der Waals surface area contributed by atoms with E-state index in [-0.39, 0.29) is 11.6 Å². The Labute approximate surface area is 172 Å². The highest BCUT2D eigenvalue weighted by Gasteiger charge is 2.74. The molecule has 3 N–H and O–H groups in total. The quantitative estimate of drug-likeness (QED) is 0.481. The minimum atomic E-state index is -2.72. The van der Waals surface area contributed by atoms with E-state index in [0.29, 0.717) is 0 Å². The second-order valence-electron chi connectivity index (χ2n) is 8.83. The summed E-state index contributed by atoms with van der Waals surface area (Å²) in [4.78, 5) is 0. The fourth-order valence-corrected chi connectivity index (χ4v) is 10.3. The normalized spacial score (nSPS) is 30.1. The summed E-state index contributed by atoms with van der Waals surface area (Å²) in [6.45, 7) is 8.87. The van der Waals surface area contributed by atoms with Crippen molar-refractivity contribution in [3.63, 3.8) is 0 Å². The van der Waals surface area contributed by atoms with Gasteiger partial charge in [-0.05, 0) is 43.2 Å². The predicted octanol–water partition coefficient (Wildman–Crippen LogP) is 3.75. The number of benzene rings is 1. The number of methoxy groups -OCH3 is 1. The number of hydrogen-bond acceptors (Lipinski definition) is 5. The highest BCUT2D eigenvalue weighted by Crippen LogP contribution is 2.58. The van der Waals surface area contributed by atoms with E-state index in [9.17, 15) is 0 Å². The van der Waals surface area contributed by atoms with Crippen LogP contribution in [0.3, 0.4) is 0 Å². The molecular formula is C22H40N2O3Si. The van der Waals surface area contributed by atoms with E-state index in [1.807, 2.05) is 14.0 Å². The van der Waals surface area contributed by atoms with Gasteiger partial charge in [0.2, 0.25) is 0 Å². The third-order valence-corrected chi connectivity index (χ3v) is 11.3. The maximum atomic E-state index is 6.54. The predicted molar refractivity (Wildman–Crippen MR) is 117 cm³/mol. The van der Waals surface area contributed by atoms with Crippen LogP contribution in [0, 0.1) is 5.41 Å². The molecule has 1 aliphatic heterocycles. The molecule has 0 saturated carbocycles. The smallest absolute Gasteiger partial charge is 0.372 e. The molecule has 0 aliphatic carbocycles. The minimum Gasteiger partial charge on any atom is -0.396 e. The van der Waals surface area contributed by atoms with E-state index in [2.05, 4.69) is 56.4 Å². The molecule has 28 heavy (non-hydrogen) atoms. The molecule has 5 nitrogen and oxygen atoms in total. The molecule has 1 heterocycles. The fourth-order valence-electron chi connectivity index (χ4n) is 5.60. The lowest BCUT2D eigenvalue weighted by Crippen LogP contribution is -2.85. The Balaban J connectivity index is 2.81. The molecule has 1 aromatic carbocycles. The fraction of sp³-hybridized carbons (Fsp3) is 0.727. The first-order chi connectivity index (χ1) is 13.2. The van der Waals surface area contributed by atoms with Crippen molar-refractivity contribution in [2.24, 2.45) is 11.1 Å². The van der Waals surface area contributed by atoms with Crippen molar-refractivity contribution in [1.82, 2.24) is 5.32 Å². The molecule has 1 aliphatic rings. The first kappa shape index (κ1) is 23.5. The Morgan fingerprint density at radius 1 is 1.14 bits per heavy atom. The van der Waals surface area contributed by atoms with Gasteiger partial charge in [0.1, 0.15) is 5.22 Å². The van der Waals surface area contributed by atoms with Gasteiger partial charge in [0.05, 0.1) is 11.7 Å². The maximum Gasteiger partial charge on any atom is 0.372 e. The van der Waals surface area contributed by atoms with Crippen molar-refractivity contribution in [3.8, 4) is 0 Å². The van der Waals surface area contributed by atoms with Crippen LogP contribution in [0.2, 0.25) is 6.04 Å². The number of ether oxygens (including phenoxy) is 1. The summed E-state index contributed by atoms with van der Waals surface area (Å²) in [5, 5.41) is 3.23. The van der Waals surface area contributed by atoms with Gasteiger partial charge in [0, 0.05) is 21.3 Å². The van der Waals surface area contributed by atoms with Gasteiger partial charge < -0.3 is 19.3 Å². The van der Waals surface area contributed by atoms with Crippen molar-refractivity contribution in [3.05, 3.63) is 35.9 Å². The van der Waals surface area contributed by atoms with Gasteiger partial charge >= 0.3 is 8.56 Å². The molecule has 1 aromatic rings. The first-order valence-corrected chi connectivity index (χ1v) is 12.4. The van der Waals surface area contributed by atoms with Crippen LogP contribution in [0.15, 0.2) is 30.3 Å². The van der Waals surface area contributed by atoms with E-state index >= 15 is 0 Å². The van der Waals surface area contributed by atoms with Crippen LogP contribution in [0.25, 0.3) is 0 Å². The largest absolute Gasteiger partial charge is 0.396 e. The molecule has 0 radical (unpaired) electrons. The van der Waals surface area contributed by atoms with E-state index in [1.165, 1.54) is 5.56 Å². The molecule has 0 amide bonds. The summed E-state index contributed by atoms with van der Waals surface area (Å²) in [5.41, 5.74) is 7.15. The van der Waals surface area contributed by atoms with Crippen LogP contribution in [0.1, 0.15) is 52.5 Å². The van der Waals surface area contributed by atoms with Crippen LogP contribution in [-0.2, 0) is 20.0 Å². The Kier molecular flexibility index (Phi) is 7.51. The summed E-state index contributed by atoms with van der Waals surface area (Å²) < 4.78 is 19.1. The van der Waals surface area contributed by atoms with Crippen molar-refractivity contribution in [2.75, 3.05) is 21.3 Å². The van der Waals surface area contributed by atoms with Gasteiger partial charge in [-0.25, -0.2) is 0 Å². The van der Waals surface area contributed by atoms with Gasteiger partial charge in [-0.1, -0.05) is 57.5 Å². The van der Waals surface area contributed by atoms with Crippen LogP contribution in [0.4, 0.5) is 0 Å². The molecule has 6 heteroatoms. The van der Waals surface area contributed by atoms with Gasteiger partial charge in [-0.2, -0.15) is 0 Å². The second-order valence-corrected chi connectivity index (χ2v) is 12.5. The first-order valence-electron chi connectivity index (χ1n) is 10.4. The molecule has 0 aromatic heterocycles. The molecule has 1 saturated heterocycles. The average molecular weight is 409 g/mol. The Hall–Kier alpha value is -0.763. The van der Waals surface area contributed by atoms with E-state index in [0.717, 1.165) is 31.7 Å². The lowest BCUT2D eigenvalue weighted by atomic mass is 9.62. The summed E-state index contributed by atoms with van der Waals surface area (Å²) in [6.07, 6.45) is 3.43. The average Bonchev–Trinajstić information content (AvgIpc) is 2.67. The van der Waals surface area contributed by atoms with Gasteiger partial charge in [-0.3, -0.25) is 5.32 Å². The lowest BCUT2D eigenvalue weighted by Gasteiger charge is -2.66. The molecule has 1 fully saturated rings. The van der Waals surface area contributed by atoms with Gasteiger partial charge in [0.15, 0.2) is 0 Å². The number of hydrogen-bond donors (Lipinski definition) is 2. The molecule has 2 rings (SSSR count). The van der Waals surface area contributed by atoms with E-state index in [1.54, 1.807) is 14.2 Å². The highest BCUT2D eigenvalue weighted by molar-refractivity contribution is 6.71. The molecule has 0 spiro atoms. The van der Waals surface area contributed by atoms with Crippen LogP contribution in [0.5, 0.6) is 0 Å². The van der Waals surface area contributed by atoms with Crippen LogP contribution >= 0.6 is 0 Å². The lowest BCUT2D eigenvalue weighted by molar-refractivity contribution is -0.130. The maximum absolute atomic E-state index is 6.54. The number of rotatable bonds is 9. The van der Waals surface area contributed by atoms with Crippen LogP contribution in [-0.4, -0.2) is 46.8 Å². The Morgan fingerprint density at radius 2 is 1.75 bits per heavy atom. The monoisotopic (exact) mass is 408 g/mol. The molecule has 3 atom stereocenters. The second kappa shape index (κ2) is 8.94. The molecule has 3 unspecified atom stereocenters. The summed E-state index contributed by atoms with van der Waals surface area (Å²) >= 11 is 0. The summed E-state index contributed by atoms with van der Waals surface area (Å²) in [6, 6.07) is 11.5. The van der Waals surface area contributed by atoms with Gasteiger partial charge in [0.25, 0.3) is 0 Å². The third kappa shape index (κ3) is 3.59. The topological polar surface area (TPSA) is 65.7 Å². The van der Waals surface area contributed by atoms with Crippen molar-refractivity contribution in [2.45, 2.75) is 76.4 Å². The van der Waals surface area contributed by atoms with E-state index in [4.69, 9.17) is 19.3 Å². The molecule has 0 bridgehead atoms. The Bertz CT molecular complexity index is 621. The van der Waals surface area contributed by atoms with E-state index < -0.39 is 19.3 Å². The van der Waals surface area contributed by atoms with Crippen molar-refractivity contribution >= 4 is 8.56 Å². The van der Waals surface area contributed by atoms with Crippen LogP contribution < -0.4 is 11.1 Å². The summed E-state index contributed by atoms with van der Waals surface area (Å²) in [5.74, 6) is 0. The summed E-state index contributed by atoms with van der Waals surface area (Å²) in [7, 11) is 2.68. The molecule has 160 valence electrons. The minimum absolute atomic E-state index is 0.0742. The third-order valence-electron chi connectivity index (χ3n) is 6.94. The zero-order valence-electron chi connectivity index (χ0n) is 18.8. The zero-order valence-corrected chi connectivity index (χ0v) is 19.8. The zero-order chi connectivity index (χ0) is 21.1. The Morgan fingerprint density at radius 3 is 2.21 bits per heavy atom. The number of nitrogens with one attached hydrogen (secondary N) is 1. The molecular weight excluding hydrogens is 368 g/mol. The number of nitrogens with two attached hydrogens (primary N) is 1. The standard InChI is InChI=1S/C22H40N2O3Si/c1-8-14-22(25-5)21(24-18(2)23,17-19-12-10-9-11-13-19)20(3,4)15-16-28(22,26-6)27-7/h9-13,18,24H,8,14-17,23H2,1-7H3.